The second-order valence-corrected chi connectivity index (χ2v) is 7.39. The number of nitrogens with two attached hydrogens (primary N) is 1. The maximum atomic E-state index is 11.8. The van der Waals surface area contributed by atoms with Gasteiger partial charge in [-0.3, -0.25) is 9.69 Å². The van der Waals surface area contributed by atoms with Gasteiger partial charge in [-0.05, 0) is 41.5 Å². The first-order valence-corrected chi connectivity index (χ1v) is 7.23. The zero-order valence-corrected chi connectivity index (χ0v) is 14.3. The lowest BCUT2D eigenvalue weighted by Crippen LogP contribution is -2.51. The topological polar surface area (TPSA) is 110 Å². The van der Waals surface area contributed by atoms with Crippen molar-refractivity contribution in [2.24, 2.45) is 5.73 Å². The minimum Gasteiger partial charge on any atom is -0.480 e. The van der Waals surface area contributed by atoms with Crippen LogP contribution in [0.3, 0.4) is 0 Å². The van der Waals surface area contributed by atoms with Gasteiger partial charge in [0.1, 0.15) is 17.4 Å². The van der Waals surface area contributed by atoms with Crippen LogP contribution in [0.1, 0.15) is 54.4 Å². The van der Waals surface area contributed by atoms with Crippen molar-refractivity contribution in [2.45, 2.75) is 71.6 Å². The summed E-state index contributed by atoms with van der Waals surface area (Å²) in [4.78, 5) is 35.0. The van der Waals surface area contributed by atoms with E-state index >= 15 is 0 Å². The van der Waals surface area contributed by atoms with Gasteiger partial charge in [-0.15, -0.1) is 0 Å². The number of piperidine rings is 1. The zero-order chi connectivity index (χ0) is 17.7. The van der Waals surface area contributed by atoms with Crippen molar-refractivity contribution in [1.29, 1.82) is 0 Å². The number of hydrogen-bond donors (Lipinski definition) is 2. The Kier molecular flexibility index (Phi) is 7.02. The van der Waals surface area contributed by atoms with Gasteiger partial charge in [0.2, 0.25) is 0 Å². The minimum atomic E-state index is -1.18. The molecule has 0 aliphatic carbocycles. The molecule has 1 aliphatic rings. The Bertz CT molecular complexity index is 415. The number of carbonyl (C=O) groups excluding carboxylic acids is 2. The fraction of sp³-hybridized carbons (Fsp3) is 0.800. The average molecular weight is 316 g/mol. The van der Waals surface area contributed by atoms with Gasteiger partial charge >= 0.3 is 12.1 Å². The van der Waals surface area contributed by atoms with Gasteiger partial charge in [-0.2, -0.15) is 0 Å². The number of Topliss-reactive ketones (excluding diaryl/α,β-unsaturated/α-hetero) is 1. The molecule has 0 spiro atoms. The van der Waals surface area contributed by atoms with Crippen LogP contribution < -0.4 is 5.73 Å². The first-order chi connectivity index (χ1) is 9.70. The maximum absolute atomic E-state index is 11.8. The monoisotopic (exact) mass is 316 g/mol. The Balaban J connectivity index is 0.000000763. The molecule has 1 amide bonds. The van der Waals surface area contributed by atoms with E-state index in [4.69, 9.17) is 15.6 Å². The van der Waals surface area contributed by atoms with Gasteiger partial charge in [0.25, 0.3) is 0 Å². The van der Waals surface area contributed by atoms with Crippen LogP contribution >= 0.6 is 0 Å². The molecule has 22 heavy (non-hydrogen) atoms. The molecule has 128 valence electrons. The number of rotatable bonds is 1. The van der Waals surface area contributed by atoms with Crippen LogP contribution in [0.5, 0.6) is 0 Å². The molecule has 0 radical (unpaired) electrons. The highest BCUT2D eigenvalue weighted by Gasteiger charge is 2.37. The third-order valence-electron chi connectivity index (χ3n) is 2.34. The Labute approximate surface area is 131 Å². The van der Waals surface area contributed by atoms with Crippen LogP contribution in [0.2, 0.25) is 0 Å². The van der Waals surface area contributed by atoms with E-state index in [1.54, 1.807) is 20.8 Å². The smallest absolute Gasteiger partial charge is 0.411 e. The van der Waals surface area contributed by atoms with Gasteiger partial charge < -0.3 is 15.6 Å². The number of hydrogen-bond acceptors (Lipinski definition) is 5. The number of ether oxygens (including phenoxy) is 1. The molecule has 0 aromatic rings. The Morgan fingerprint density at radius 1 is 1.23 bits per heavy atom. The lowest BCUT2D eigenvalue weighted by Gasteiger charge is -2.33. The van der Waals surface area contributed by atoms with E-state index < -0.39 is 23.7 Å². The van der Waals surface area contributed by atoms with Crippen molar-refractivity contribution in [3.05, 3.63) is 0 Å². The summed E-state index contributed by atoms with van der Waals surface area (Å²) in [5.74, 6) is -1.32. The Morgan fingerprint density at radius 3 is 2.05 bits per heavy atom. The van der Waals surface area contributed by atoms with Crippen molar-refractivity contribution in [3.8, 4) is 0 Å². The van der Waals surface area contributed by atoms with E-state index in [0.717, 1.165) is 4.90 Å². The Hall–Kier alpha value is -1.63. The first-order valence-electron chi connectivity index (χ1n) is 7.23. The molecule has 0 unspecified atom stereocenters. The third kappa shape index (κ3) is 9.33. The molecule has 0 saturated carbocycles. The highest BCUT2D eigenvalue weighted by molar-refractivity contribution is 5.90. The second kappa shape index (κ2) is 7.58. The minimum absolute atomic E-state index is 0. The molecular weight excluding hydrogens is 288 g/mol. The number of nitrogens with zero attached hydrogens (tertiary/aromatic N) is 1. The normalized spacial score (nSPS) is 19.1. The van der Waals surface area contributed by atoms with Crippen LogP contribution in [0.4, 0.5) is 4.79 Å². The number of amides is 1. The first kappa shape index (κ1) is 20.4. The van der Waals surface area contributed by atoms with Gasteiger partial charge in [0.15, 0.2) is 0 Å². The molecule has 1 rings (SSSR count). The molecule has 1 saturated heterocycles. The number of ketones is 1. The van der Waals surface area contributed by atoms with Gasteiger partial charge in [0.05, 0.1) is 0 Å². The number of likely N-dealkylation sites (tertiary alicyclic amines) is 1. The number of aliphatic carboxylic acids is 1. The second-order valence-electron chi connectivity index (χ2n) is 7.39. The van der Waals surface area contributed by atoms with Crippen LogP contribution in [0.15, 0.2) is 0 Å². The predicted molar refractivity (Wildman–Crippen MR) is 82.5 cm³/mol. The molecular formula is C15H28N2O5. The quantitative estimate of drug-likeness (QED) is 0.763. The largest absolute Gasteiger partial charge is 0.480 e. The summed E-state index contributed by atoms with van der Waals surface area (Å²) in [6.07, 6.45) is -0.644. The summed E-state index contributed by atoms with van der Waals surface area (Å²) in [6.45, 7) is 11.1. The van der Waals surface area contributed by atoms with Gasteiger partial charge in [-0.25, -0.2) is 9.59 Å². The Morgan fingerprint density at radius 2 is 1.68 bits per heavy atom. The van der Waals surface area contributed by atoms with E-state index in [0.29, 0.717) is 0 Å². The van der Waals surface area contributed by atoms with E-state index in [-0.39, 0.29) is 30.7 Å². The molecule has 3 N–H and O–H groups in total. The van der Waals surface area contributed by atoms with Gasteiger partial charge in [-0.1, -0.05) is 0 Å². The lowest BCUT2D eigenvalue weighted by molar-refractivity contribution is -0.147. The molecule has 7 heteroatoms. The molecule has 1 heterocycles. The van der Waals surface area contributed by atoms with Crippen molar-refractivity contribution in [3.63, 3.8) is 0 Å². The number of carboxylic acid groups (broad SMARTS) is 1. The molecule has 1 aliphatic heterocycles. The number of carboxylic acids is 1. The van der Waals surface area contributed by atoms with Gasteiger partial charge in [0, 0.05) is 24.9 Å². The summed E-state index contributed by atoms with van der Waals surface area (Å²) >= 11 is 0. The highest BCUT2D eigenvalue weighted by atomic mass is 16.6. The van der Waals surface area contributed by atoms with Crippen molar-refractivity contribution >= 4 is 17.8 Å². The summed E-state index contributed by atoms with van der Waals surface area (Å²) in [5.41, 5.74) is 4.68. The predicted octanol–water partition coefficient (Wildman–Crippen LogP) is 1.78. The standard InChI is InChI=1S/C11H17NO5.C4H11N/c1-11(2,3)17-10(16)12-5-4-7(13)6-8(12)9(14)15;1-4(2,3)5/h8H,4-6H2,1-3H3,(H,14,15);5H2,1-3H3/t8-;/m0./s1. The van der Waals surface area contributed by atoms with E-state index in [1.165, 1.54) is 0 Å². The van der Waals surface area contributed by atoms with Crippen molar-refractivity contribution < 1.29 is 24.2 Å². The van der Waals surface area contributed by atoms with Crippen molar-refractivity contribution in [1.82, 2.24) is 4.90 Å². The SMILES string of the molecule is CC(C)(C)N.CC(C)(C)OC(=O)N1CCC(=O)C[C@H]1C(=O)O. The summed E-state index contributed by atoms with van der Waals surface area (Å²) in [6, 6.07) is -1.11. The van der Waals surface area contributed by atoms with Crippen LogP contribution in [0, 0.1) is 0 Å². The van der Waals surface area contributed by atoms with E-state index in [2.05, 4.69) is 0 Å². The summed E-state index contributed by atoms with van der Waals surface area (Å²) in [5, 5.41) is 8.97. The average Bonchev–Trinajstić information content (AvgIpc) is 2.23. The van der Waals surface area contributed by atoms with Crippen molar-refractivity contribution in [2.75, 3.05) is 6.54 Å². The lowest BCUT2D eigenvalue weighted by atomic mass is 10.0. The highest BCUT2D eigenvalue weighted by Crippen LogP contribution is 2.18. The van der Waals surface area contributed by atoms with Crippen LogP contribution in [-0.2, 0) is 14.3 Å². The van der Waals surface area contributed by atoms with E-state index in [1.807, 2.05) is 20.8 Å². The molecule has 1 atom stereocenters. The zero-order valence-electron chi connectivity index (χ0n) is 14.3. The fourth-order valence-electron chi connectivity index (χ4n) is 1.59. The fourth-order valence-corrected chi connectivity index (χ4v) is 1.59. The van der Waals surface area contributed by atoms with E-state index in [9.17, 15) is 14.4 Å². The van der Waals surface area contributed by atoms with Crippen LogP contribution in [-0.4, -0.2) is 51.6 Å². The molecule has 1 fully saturated rings. The molecule has 0 aromatic heterocycles. The third-order valence-corrected chi connectivity index (χ3v) is 2.34. The maximum Gasteiger partial charge on any atom is 0.411 e. The number of carbonyl (C=O) groups is 3. The van der Waals surface area contributed by atoms with Crippen LogP contribution in [0.25, 0.3) is 0 Å². The molecule has 7 nitrogen and oxygen atoms in total. The summed E-state index contributed by atoms with van der Waals surface area (Å²) < 4.78 is 5.11. The summed E-state index contributed by atoms with van der Waals surface area (Å²) in [7, 11) is 0. The molecule has 0 bridgehead atoms. The molecule has 0 aromatic carbocycles.